The molecular formula is C43H50N6O5. The van der Waals surface area contributed by atoms with Crippen LogP contribution >= 0.6 is 0 Å². The Morgan fingerprint density at radius 2 is 1.54 bits per heavy atom. The molecule has 0 saturated carbocycles. The fourth-order valence-electron chi connectivity index (χ4n) is 7.57. The summed E-state index contributed by atoms with van der Waals surface area (Å²) >= 11 is 0. The maximum atomic E-state index is 13.5. The van der Waals surface area contributed by atoms with Crippen molar-refractivity contribution in [3.63, 3.8) is 0 Å². The number of carboxylic acids is 1. The number of fused-ring (bicyclic) bond motifs is 1. The number of pyridine rings is 1. The predicted octanol–water partition coefficient (Wildman–Crippen LogP) is 6.28. The molecule has 0 spiro atoms. The highest BCUT2D eigenvalue weighted by atomic mass is 16.4. The first-order valence-corrected chi connectivity index (χ1v) is 19.0. The van der Waals surface area contributed by atoms with E-state index in [-0.39, 0.29) is 5.91 Å². The monoisotopic (exact) mass is 730 g/mol. The second kappa shape index (κ2) is 18.0. The molecule has 1 atom stereocenters. The second-order valence-corrected chi connectivity index (χ2v) is 14.3. The smallest absolute Gasteiger partial charge is 0.320 e. The Hall–Kier alpha value is -5.55. The number of aryl methyl sites for hydroxylation is 2. The van der Waals surface area contributed by atoms with Gasteiger partial charge >= 0.3 is 5.97 Å². The molecule has 3 heterocycles. The highest BCUT2D eigenvalue weighted by molar-refractivity contribution is 6.08. The van der Waals surface area contributed by atoms with E-state index < -0.39 is 23.8 Å². The molecule has 2 aliphatic heterocycles. The summed E-state index contributed by atoms with van der Waals surface area (Å²) in [6.45, 7) is 3.39. The summed E-state index contributed by atoms with van der Waals surface area (Å²) in [6.07, 6.45) is 11.7. The van der Waals surface area contributed by atoms with E-state index in [0.29, 0.717) is 59.7 Å². The van der Waals surface area contributed by atoms with Crippen LogP contribution < -0.4 is 16.0 Å². The number of carboxylic acid groups (broad SMARTS) is 1. The van der Waals surface area contributed by atoms with E-state index in [4.69, 9.17) is 5.73 Å². The zero-order valence-corrected chi connectivity index (χ0v) is 31.0. The number of nitrogens with zero attached hydrogens (tertiary/aromatic N) is 4. The fraction of sp³-hybridized carbons (Fsp3) is 0.372. The SMILES string of the molecule is CN(CCN1CCCC1C(=O)O)C(=O)c1cccc(C(=O)Nc2ccc(N3CCCCC3)cc2-c2cc(C(N)=O)ccn2)c1.c1ccc2c(c1)CCCC2. The van der Waals surface area contributed by atoms with Crippen molar-refractivity contribution >= 4 is 35.1 Å². The average molecular weight is 731 g/mol. The van der Waals surface area contributed by atoms with Gasteiger partial charge in [0.25, 0.3) is 11.8 Å². The van der Waals surface area contributed by atoms with Crippen LogP contribution in [-0.2, 0) is 17.6 Å². The molecule has 3 amide bonds. The number of piperidine rings is 1. The van der Waals surface area contributed by atoms with E-state index in [1.165, 1.54) is 38.3 Å². The minimum absolute atomic E-state index is 0.259. The van der Waals surface area contributed by atoms with Gasteiger partial charge in [-0.05, 0) is 124 Å². The number of likely N-dealkylation sites (tertiary alicyclic amines) is 1. The van der Waals surface area contributed by atoms with Gasteiger partial charge < -0.3 is 26.0 Å². The first-order valence-electron chi connectivity index (χ1n) is 19.0. The van der Waals surface area contributed by atoms with Crippen molar-refractivity contribution in [2.75, 3.05) is 50.0 Å². The third-order valence-electron chi connectivity index (χ3n) is 10.6. The Morgan fingerprint density at radius 3 is 2.24 bits per heavy atom. The van der Waals surface area contributed by atoms with Crippen molar-refractivity contribution in [2.45, 2.75) is 63.8 Å². The summed E-state index contributed by atoms with van der Waals surface area (Å²) in [5, 5.41) is 12.4. The molecule has 3 aliphatic rings. The van der Waals surface area contributed by atoms with E-state index in [1.807, 2.05) is 23.1 Å². The summed E-state index contributed by atoms with van der Waals surface area (Å²) in [7, 11) is 1.67. The van der Waals surface area contributed by atoms with Crippen LogP contribution in [0.1, 0.15) is 87.1 Å². The van der Waals surface area contributed by atoms with Crippen LogP contribution in [0.4, 0.5) is 11.4 Å². The van der Waals surface area contributed by atoms with E-state index in [2.05, 4.69) is 39.5 Å². The second-order valence-electron chi connectivity index (χ2n) is 14.3. The van der Waals surface area contributed by atoms with E-state index in [0.717, 1.165) is 38.0 Å². The van der Waals surface area contributed by atoms with Crippen molar-refractivity contribution in [3.05, 3.63) is 113 Å². The Kier molecular flexibility index (Phi) is 12.7. The first kappa shape index (κ1) is 38.2. The van der Waals surface area contributed by atoms with Gasteiger partial charge in [-0.2, -0.15) is 0 Å². The Bertz CT molecular complexity index is 1950. The van der Waals surface area contributed by atoms with Gasteiger partial charge in [0.2, 0.25) is 5.91 Å². The molecule has 4 aromatic rings. The van der Waals surface area contributed by atoms with Gasteiger partial charge in [-0.3, -0.25) is 29.1 Å². The van der Waals surface area contributed by atoms with E-state index in [9.17, 15) is 24.3 Å². The van der Waals surface area contributed by atoms with E-state index in [1.54, 1.807) is 59.5 Å². The number of hydrogen-bond donors (Lipinski definition) is 3. The van der Waals surface area contributed by atoms with Crippen LogP contribution in [0.5, 0.6) is 0 Å². The number of carbonyl (C=O) groups is 4. The van der Waals surface area contributed by atoms with Crippen LogP contribution in [0.3, 0.4) is 0 Å². The number of amides is 3. The molecule has 0 bridgehead atoms. The number of nitrogens with one attached hydrogen (secondary N) is 1. The van der Waals surface area contributed by atoms with Crippen LogP contribution in [0.25, 0.3) is 11.3 Å². The quantitative estimate of drug-likeness (QED) is 0.173. The fourth-order valence-corrected chi connectivity index (χ4v) is 7.57. The lowest BCUT2D eigenvalue weighted by Crippen LogP contribution is -2.41. The third kappa shape index (κ3) is 9.51. The standard InChI is InChI=1S/C33H38N6O5.C10H12/c1-37(17-18-39-16-6-9-29(39)33(43)44)32(42)24-8-5-7-23(19-24)31(41)36-27-11-10-25(38-14-3-2-4-15-38)21-26(27)28-20-22(30(34)40)12-13-35-28;1-2-6-10-8-4-3-7-9(10)5-1/h5,7-8,10-13,19-21,29H,2-4,6,9,14-18H2,1H3,(H2,34,40)(H,36,41)(H,43,44);1-2,5-6H,3-4,7-8H2. The molecule has 7 rings (SSSR count). The van der Waals surface area contributed by atoms with Gasteiger partial charge in [-0.15, -0.1) is 0 Å². The van der Waals surface area contributed by atoms with Crippen molar-refractivity contribution < 1.29 is 24.3 Å². The molecule has 282 valence electrons. The lowest BCUT2D eigenvalue weighted by molar-refractivity contribution is -0.142. The van der Waals surface area contributed by atoms with Gasteiger partial charge in [-0.25, -0.2) is 0 Å². The summed E-state index contributed by atoms with van der Waals surface area (Å²) in [5.74, 6) is -2.07. The van der Waals surface area contributed by atoms with Gasteiger partial charge in [0.05, 0.1) is 11.4 Å². The molecule has 1 aliphatic carbocycles. The summed E-state index contributed by atoms with van der Waals surface area (Å²) < 4.78 is 0. The lowest BCUT2D eigenvalue weighted by atomic mass is 9.92. The van der Waals surface area contributed by atoms with Gasteiger partial charge in [0.15, 0.2) is 0 Å². The van der Waals surface area contributed by atoms with Gasteiger partial charge in [0.1, 0.15) is 6.04 Å². The topological polar surface area (TPSA) is 149 Å². The molecule has 11 heteroatoms. The molecule has 0 radical (unpaired) electrons. The van der Waals surface area contributed by atoms with E-state index >= 15 is 0 Å². The minimum Gasteiger partial charge on any atom is -0.480 e. The number of rotatable bonds is 10. The highest BCUT2D eigenvalue weighted by Gasteiger charge is 2.30. The number of nitrogens with two attached hydrogens (primary N) is 1. The molecule has 4 N–H and O–H groups in total. The highest BCUT2D eigenvalue weighted by Crippen LogP contribution is 2.33. The Balaban J connectivity index is 0.000000426. The van der Waals surface area contributed by atoms with Gasteiger partial charge in [0, 0.05) is 67.4 Å². The zero-order valence-electron chi connectivity index (χ0n) is 31.0. The maximum absolute atomic E-state index is 13.5. The maximum Gasteiger partial charge on any atom is 0.320 e. The molecule has 1 unspecified atom stereocenters. The zero-order chi connectivity index (χ0) is 38.0. The number of hydrogen-bond acceptors (Lipinski definition) is 7. The van der Waals surface area contributed by atoms with Crippen molar-refractivity contribution in [1.82, 2.24) is 14.8 Å². The summed E-state index contributed by atoms with van der Waals surface area (Å²) in [6, 6.07) is 23.7. The molecule has 3 aromatic carbocycles. The largest absolute Gasteiger partial charge is 0.480 e. The summed E-state index contributed by atoms with van der Waals surface area (Å²) in [5.41, 5.74) is 12.3. The predicted molar refractivity (Wildman–Crippen MR) is 211 cm³/mol. The number of likely N-dealkylation sites (N-methyl/N-ethyl adjacent to an activating group) is 1. The number of aliphatic carboxylic acids is 1. The molecule has 2 saturated heterocycles. The van der Waals surface area contributed by atoms with Crippen molar-refractivity contribution in [1.29, 1.82) is 0 Å². The Morgan fingerprint density at radius 1 is 0.815 bits per heavy atom. The normalized spacial score (nSPS) is 16.8. The minimum atomic E-state index is -0.837. The molecular weight excluding hydrogens is 681 g/mol. The molecule has 1 aromatic heterocycles. The first-order chi connectivity index (χ1) is 26.2. The number of aromatic nitrogens is 1. The molecule has 11 nitrogen and oxygen atoms in total. The Labute approximate surface area is 317 Å². The number of primary amides is 1. The lowest BCUT2D eigenvalue weighted by Gasteiger charge is -2.29. The van der Waals surface area contributed by atoms with Crippen molar-refractivity contribution in [2.24, 2.45) is 5.73 Å². The number of carbonyl (C=O) groups excluding carboxylic acids is 3. The number of benzene rings is 3. The molecule has 54 heavy (non-hydrogen) atoms. The number of anilines is 2. The average Bonchev–Trinajstić information content (AvgIpc) is 3.70. The third-order valence-corrected chi connectivity index (χ3v) is 10.6. The van der Waals surface area contributed by atoms with Crippen LogP contribution in [-0.4, -0.2) is 89.4 Å². The molecule has 2 fully saturated rings. The van der Waals surface area contributed by atoms with Crippen LogP contribution in [0, 0.1) is 0 Å². The van der Waals surface area contributed by atoms with Crippen LogP contribution in [0.2, 0.25) is 0 Å². The van der Waals surface area contributed by atoms with Crippen LogP contribution in [0.15, 0.2) is 85.1 Å². The van der Waals surface area contributed by atoms with Gasteiger partial charge in [-0.1, -0.05) is 30.3 Å². The van der Waals surface area contributed by atoms with Crippen molar-refractivity contribution in [3.8, 4) is 11.3 Å². The summed E-state index contributed by atoms with van der Waals surface area (Å²) in [4.78, 5) is 60.3.